The summed E-state index contributed by atoms with van der Waals surface area (Å²) >= 11 is 0. The maximum Gasteiger partial charge on any atom is 0.356 e. The number of carboxylic acid groups (broad SMARTS) is 1. The summed E-state index contributed by atoms with van der Waals surface area (Å²) in [6.45, 7) is 2.08. The Balaban J connectivity index is 2.47. The topological polar surface area (TPSA) is 78.9 Å². The Bertz CT molecular complexity index is 668. The molecule has 2 rings (SSSR count). The molecule has 5 nitrogen and oxygen atoms in total. The second-order valence-electron chi connectivity index (χ2n) is 4.50. The van der Waals surface area contributed by atoms with Crippen molar-refractivity contribution < 1.29 is 9.90 Å². The van der Waals surface area contributed by atoms with E-state index >= 15 is 0 Å². The van der Waals surface area contributed by atoms with Gasteiger partial charge in [0.25, 0.3) is 0 Å². The molecule has 0 aliphatic rings. The lowest BCUT2D eigenvalue weighted by atomic mass is 10.1. The number of aryl methyl sites for hydroxylation is 1. The van der Waals surface area contributed by atoms with E-state index in [0.29, 0.717) is 11.3 Å². The van der Waals surface area contributed by atoms with Gasteiger partial charge in [-0.15, -0.1) is 0 Å². The maximum absolute atomic E-state index is 11.1. The molecular formula is C15H15N3O2. The number of hydrogen-bond donors (Lipinski definition) is 1. The van der Waals surface area contributed by atoms with Gasteiger partial charge in [-0.2, -0.15) is 10.4 Å². The third kappa shape index (κ3) is 2.86. The van der Waals surface area contributed by atoms with Crippen LogP contribution in [0.2, 0.25) is 0 Å². The van der Waals surface area contributed by atoms with Crippen LogP contribution in [0, 0.1) is 11.3 Å². The highest BCUT2D eigenvalue weighted by Gasteiger charge is 2.14. The molecule has 1 heterocycles. The normalized spacial score (nSPS) is 10.2. The second-order valence-corrected chi connectivity index (χ2v) is 4.50. The van der Waals surface area contributed by atoms with Crippen molar-refractivity contribution in [3.63, 3.8) is 0 Å². The quantitative estimate of drug-likeness (QED) is 0.905. The fourth-order valence-electron chi connectivity index (χ4n) is 1.99. The number of aromatic carboxylic acids is 1. The van der Waals surface area contributed by atoms with Gasteiger partial charge in [0.2, 0.25) is 0 Å². The molecule has 2 aromatic rings. The molecule has 0 saturated heterocycles. The molecule has 1 N–H and O–H groups in total. The average Bonchev–Trinajstić information content (AvgIpc) is 2.89. The first-order valence-corrected chi connectivity index (χ1v) is 6.48. The van der Waals surface area contributed by atoms with Crippen molar-refractivity contribution in [1.29, 1.82) is 5.26 Å². The highest BCUT2D eigenvalue weighted by molar-refractivity contribution is 5.85. The molecular weight excluding hydrogens is 254 g/mol. The zero-order chi connectivity index (χ0) is 14.5. The highest BCUT2D eigenvalue weighted by atomic mass is 16.4. The van der Waals surface area contributed by atoms with Crippen LogP contribution in [0.5, 0.6) is 0 Å². The molecule has 20 heavy (non-hydrogen) atoms. The number of carbonyl (C=O) groups is 1. The minimum atomic E-state index is -1.04. The summed E-state index contributed by atoms with van der Waals surface area (Å²) in [5, 5.41) is 22.1. The number of aromatic nitrogens is 2. The smallest absolute Gasteiger partial charge is 0.356 e. The van der Waals surface area contributed by atoms with Crippen LogP contribution < -0.4 is 0 Å². The Kier molecular flexibility index (Phi) is 4.16. The summed E-state index contributed by atoms with van der Waals surface area (Å²) in [5.41, 5.74) is 2.11. The number of nitrogens with zero attached hydrogens (tertiary/aromatic N) is 3. The zero-order valence-corrected chi connectivity index (χ0v) is 11.2. The van der Waals surface area contributed by atoms with Crippen LogP contribution in [0.3, 0.4) is 0 Å². The monoisotopic (exact) mass is 269 g/mol. The minimum absolute atomic E-state index is 0.0264. The lowest BCUT2D eigenvalue weighted by Gasteiger charge is -2.07. The molecule has 0 atom stereocenters. The number of rotatable bonds is 5. The van der Waals surface area contributed by atoms with E-state index < -0.39 is 5.97 Å². The van der Waals surface area contributed by atoms with E-state index in [-0.39, 0.29) is 5.69 Å². The Morgan fingerprint density at radius 2 is 2.25 bits per heavy atom. The summed E-state index contributed by atoms with van der Waals surface area (Å²) < 4.78 is 1.61. The van der Waals surface area contributed by atoms with Gasteiger partial charge >= 0.3 is 5.97 Å². The molecule has 1 aromatic heterocycles. The van der Waals surface area contributed by atoms with E-state index in [0.717, 1.165) is 25.0 Å². The van der Waals surface area contributed by atoms with Gasteiger partial charge in [-0.25, -0.2) is 9.48 Å². The van der Waals surface area contributed by atoms with Crippen LogP contribution in [-0.4, -0.2) is 20.9 Å². The molecule has 5 heteroatoms. The van der Waals surface area contributed by atoms with Crippen molar-refractivity contribution in [2.75, 3.05) is 0 Å². The molecule has 0 amide bonds. The van der Waals surface area contributed by atoms with Crippen LogP contribution in [0.25, 0.3) is 5.69 Å². The van der Waals surface area contributed by atoms with Crippen LogP contribution in [0.15, 0.2) is 30.3 Å². The second kappa shape index (κ2) is 6.02. The molecule has 0 saturated carbocycles. The lowest BCUT2D eigenvalue weighted by Crippen LogP contribution is -2.04. The van der Waals surface area contributed by atoms with E-state index in [1.54, 1.807) is 28.9 Å². The van der Waals surface area contributed by atoms with E-state index in [4.69, 9.17) is 10.4 Å². The largest absolute Gasteiger partial charge is 0.476 e. The standard InChI is InChI=1S/C15H15N3O2/c1-2-3-6-13-9-14(15(19)20)17-18(13)12-7-4-5-11(8-12)10-16/h4-5,7-9H,2-3,6H2,1H3,(H,19,20). The van der Waals surface area contributed by atoms with Crippen LogP contribution in [0.1, 0.15) is 41.5 Å². The molecule has 0 radical (unpaired) electrons. The van der Waals surface area contributed by atoms with Crippen molar-refractivity contribution in [3.8, 4) is 11.8 Å². The summed E-state index contributed by atoms with van der Waals surface area (Å²) in [6, 6.07) is 10.7. The number of hydrogen-bond acceptors (Lipinski definition) is 3. The number of carboxylic acids is 1. The Hall–Kier alpha value is -2.61. The fourth-order valence-corrected chi connectivity index (χ4v) is 1.99. The third-order valence-electron chi connectivity index (χ3n) is 3.01. The first kappa shape index (κ1) is 13.8. The van der Waals surface area contributed by atoms with Gasteiger partial charge in [-0.05, 0) is 37.1 Å². The minimum Gasteiger partial charge on any atom is -0.476 e. The Labute approximate surface area is 117 Å². The molecule has 0 spiro atoms. The van der Waals surface area contributed by atoms with E-state index in [2.05, 4.69) is 18.1 Å². The third-order valence-corrected chi connectivity index (χ3v) is 3.01. The maximum atomic E-state index is 11.1. The number of benzene rings is 1. The lowest BCUT2D eigenvalue weighted by molar-refractivity contribution is 0.0690. The van der Waals surface area contributed by atoms with Gasteiger partial charge in [0.15, 0.2) is 5.69 Å². The first-order valence-electron chi connectivity index (χ1n) is 6.48. The van der Waals surface area contributed by atoms with Gasteiger partial charge in [-0.3, -0.25) is 0 Å². The SMILES string of the molecule is CCCCc1cc(C(=O)O)nn1-c1cccc(C#N)c1. The van der Waals surface area contributed by atoms with Crippen molar-refractivity contribution in [3.05, 3.63) is 47.3 Å². The van der Waals surface area contributed by atoms with Gasteiger partial charge < -0.3 is 5.11 Å². The highest BCUT2D eigenvalue weighted by Crippen LogP contribution is 2.16. The molecule has 0 fully saturated rings. The Morgan fingerprint density at radius 3 is 2.90 bits per heavy atom. The van der Waals surface area contributed by atoms with Crippen molar-refractivity contribution in [2.24, 2.45) is 0 Å². The van der Waals surface area contributed by atoms with Crippen molar-refractivity contribution in [1.82, 2.24) is 9.78 Å². The van der Waals surface area contributed by atoms with E-state index in [1.165, 1.54) is 0 Å². The number of nitriles is 1. The van der Waals surface area contributed by atoms with Crippen LogP contribution >= 0.6 is 0 Å². The zero-order valence-electron chi connectivity index (χ0n) is 11.2. The van der Waals surface area contributed by atoms with Crippen molar-refractivity contribution >= 4 is 5.97 Å². The van der Waals surface area contributed by atoms with Gasteiger partial charge in [-0.1, -0.05) is 19.4 Å². The molecule has 0 unspecified atom stereocenters. The summed E-state index contributed by atoms with van der Waals surface area (Å²) in [6.07, 6.45) is 2.74. The fraction of sp³-hybridized carbons (Fsp3) is 0.267. The van der Waals surface area contributed by atoms with E-state index in [1.807, 2.05) is 6.07 Å². The van der Waals surface area contributed by atoms with Gasteiger partial charge in [0.05, 0.1) is 17.3 Å². The van der Waals surface area contributed by atoms with E-state index in [9.17, 15) is 4.79 Å². The first-order chi connectivity index (χ1) is 9.65. The molecule has 0 aliphatic carbocycles. The Morgan fingerprint density at radius 1 is 1.45 bits per heavy atom. The number of unbranched alkanes of at least 4 members (excludes halogenated alkanes) is 1. The van der Waals surface area contributed by atoms with Gasteiger partial charge in [0, 0.05) is 5.69 Å². The predicted molar refractivity (Wildman–Crippen MR) is 73.9 cm³/mol. The molecule has 1 aromatic carbocycles. The van der Waals surface area contributed by atoms with Crippen molar-refractivity contribution in [2.45, 2.75) is 26.2 Å². The summed E-state index contributed by atoms with van der Waals surface area (Å²) in [4.78, 5) is 11.1. The summed E-state index contributed by atoms with van der Waals surface area (Å²) in [7, 11) is 0. The molecule has 102 valence electrons. The van der Waals surface area contributed by atoms with Crippen LogP contribution in [0.4, 0.5) is 0 Å². The molecule has 0 aliphatic heterocycles. The van der Waals surface area contributed by atoms with Crippen LogP contribution in [-0.2, 0) is 6.42 Å². The van der Waals surface area contributed by atoms with Gasteiger partial charge in [0.1, 0.15) is 0 Å². The predicted octanol–water partition coefficient (Wildman–Crippen LogP) is 2.78. The summed E-state index contributed by atoms with van der Waals surface area (Å²) in [5.74, 6) is -1.04. The molecule has 0 bridgehead atoms. The average molecular weight is 269 g/mol.